The van der Waals surface area contributed by atoms with E-state index in [1.807, 2.05) is 19.9 Å². The van der Waals surface area contributed by atoms with Crippen LogP contribution in [-0.2, 0) is 20.7 Å². The Labute approximate surface area is 125 Å². The van der Waals surface area contributed by atoms with Gasteiger partial charge in [0.05, 0.1) is 17.8 Å². The molecule has 0 amide bonds. The van der Waals surface area contributed by atoms with Crippen molar-refractivity contribution in [2.75, 3.05) is 6.61 Å². The zero-order valence-electron chi connectivity index (χ0n) is 12.3. The molecule has 0 bridgehead atoms. The van der Waals surface area contributed by atoms with Crippen LogP contribution in [0.15, 0.2) is 45.9 Å². The minimum Gasteiger partial charge on any atom is -0.469 e. The maximum atomic E-state index is 11.9. The van der Waals surface area contributed by atoms with Crippen LogP contribution in [0.25, 0.3) is 0 Å². The third-order valence-electron chi connectivity index (χ3n) is 3.31. The van der Waals surface area contributed by atoms with Gasteiger partial charge < -0.3 is 4.42 Å². The summed E-state index contributed by atoms with van der Waals surface area (Å²) in [4.78, 5) is 0.204. The molecule has 2 aromatic rings. The normalized spacial score (nSPS) is 11.7. The Bertz CT molecular complexity index is 669. The van der Waals surface area contributed by atoms with Crippen LogP contribution in [0.3, 0.4) is 0 Å². The Morgan fingerprint density at radius 2 is 1.76 bits per heavy atom. The summed E-state index contributed by atoms with van der Waals surface area (Å²) in [6.45, 7) is 4.10. The van der Waals surface area contributed by atoms with Crippen molar-refractivity contribution in [2.24, 2.45) is 0 Å². The molecule has 0 unspecified atom stereocenters. The van der Waals surface area contributed by atoms with Crippen molar-refractivity contribution in [3.8, 4) is 0 Å². The molecule has 2 rings (SSSR count). The SMILES string of the molecule is Cc1ccc(S(=O)(=O)OCCCCc2occc2C)cc1. The monoisotopic (exact) mass is 308 g/mol. The summed E-state index contributed by atoms with van der Waals surface area (Å²) in [5.41, 5.74) is 2.14. The molecule has 114 valence electrons. The largest absolute Gasteiger partial charge is 0.469 e. The van der Waals surface area contributed by atoms with E-state index in [-0.39, 0.29) is 11.5 Å². The molecule has 5 heteroatoms. The number of aryl methyl sites for hydroxylation is 3. The highest BCUT2D eigenvalue weighted by atomic mass is 32.2. The van der Waals surface area contributed by atoms with E-state index in [9.17, 15) is 8.42 Å². The molecule has 0 saturated carbocycles. The van der Waals surface area contributed by atoms with Gasteiger partial charge in [0.15, 0.2) is 0 Å². The van der Waals surface area contributed by atoms with Gasteiger partial charge in [0, 0.05) is 6.42 Å². The van der Waals surface area contributed by atoms with Crippen molar-refractivity contribution in [3.05, 3.63) is 53.5 Å². The summed E-state index contributed by atoms with van der Waals surface area (Å²) < 4.78 is 34.3. The number of rotatable bonds is 7. The van der Waals surface area contributed by atoms with E-state index in [1.54, 1.807) is 30.5 Å². The first-order chi connectivity index (χ1) is 9.99. The fourth-order valence-corrected chi connectivity index (χ4v) is 2.93. The van der Waals surface area contributed by atoms with Gasteiger partial charge in [-0.25, -0.2) is 0 Å². The second kappa shape index (κ2) is 6.91. The van der Waals surface area contributed by atoms with Crippen LogP contribution < -0.4 is 0 Å². The van der Waals surface area contributed by atoms with Crippen molar-refractivity contribution in [3.63, 3.8) is 0 Å². The fourth-order valence-electron chi connectivity index (χ4n) is 1.99. The minimum atomic E-state index is -3.64. The highest BCUT2D eigenvalue weighted by Crippen LogP contribution is 2.15. The standard InChI is InChI=1S/C16H20O4S/c1-13-6-8-15(9-7-13)21(17,18)20-11-4-3-5-16-14(2)10-12-19-16/h6-10,12H,3-5,11H2,1-2H3. The van der Waals surface area contributed by atoms with Crippen molar-refractivity contribution in [2.45, 2.75) is 38.0 Å². The van der Waals surface area contributed by atoms with Gasteiger partial charge in [-0.15, -0.1) is 0 Å². The van der Waals surface area contributed by atoms with Crippen LogP contribution in [0, 0.1) is 13.8 Å². The van der Waals surface area contributed by atoms with Crippen LogP contribution in [-0.4, -0.2) is 15.0 Å². The lowest BCUT2D eigenvalue weighted by Crippen LogP contribution is -2.07. The highest BCUT2D eigenvalue weighted by Gasteiger charge is 2.14. The first-order valence-electron chi connectivity index (χ1n) is 6.98. The Hall–Kier alpha value is -1.59. The predicted octanol–water partition coefficient (Wildman–Crippen LogP) is 3.62. The average molecular weight is 308 g/mol. The van der Waals surface area contributed by atoms with Gasteiger partial charge in [0.2, 0.25) is 0 Å². The molecule has 21 heavy (non-hydrogen) atoms. The molecule has 0 spiro atoms. The summed E-state index contributed by atoms with van der Waals surface area (Å²) in [7, 11) is -3.64. The number of hydrogen-bond donors (Lipinski definition) is 0. The summed E-state index contributed by atoms with van der Waals surface area (Å²) >= 11 is 0. The zero-order chi connectivity index (χ0) is 15.3. The van der Waals surface area contributed by atoms with Crippen molar-refractivity contribution < 1.29 is 17.0 Å². The summed E-state index contributed by atoms with van der Waals surface area (Å²) in [5, 5.41) is 0. The van der Waals surface area contributed by atoms with Crippen LogP contribution in [0.1, 0.15) is 29.7 Å². The van der Waals surface area contributed by atoms with E-state index in [0.29, 0.717) is 6.42 Å². The summed E-state index contributed by atoms with van der Waals surface area (Å²) in [6, 6.07) is 8.58. The van der Waals surface area contributed by atoms with Crippen molar-refractivity contribution >= 4 is 10.1 Å². The fraction of sp³-hybridized carbons (Fsp3) is 0.375. The zero-order valence-corrected chi connectivity index (χ0v) is 13.2. The Kier molecular flexibility index (Phi) is 5.20. The average Bonchev–Trinajstić information content (AvgIpc) is 2.84. The molecule has 0 aliphatic heterocycles. The molecule has 1 aromatic heterocycles. The Morgan fingerprint density at radius 3 is 2.38 bits per heavy atom. The van der Waals surface area contributed by atoms with Gasteiger partial charge in [-0.3, -0.25) is 4.18 Å². The summed E-state index contributed by atoms with van der Waals surface area (Å²) in [6.07, 6.45) is 3.97. The molecule has 0 fully saturated rings. The molecule has 1 heterocycles. The number of benzene rings is 1. The third kappa shape index (κ3) is 4.44. The summed E-state index contributed by atoms with van der Waals surface area (Å²) in [5.74, 6) is 0.955. The number of furan rings is 1. The lowest BCUT2D eigenvalue weighted by Gasteiger charge is -2.06. The van der Waals surface area contributed by atoms with Crippen LogP contribution in [0.2, 0.25) is 0 Å². The molecule has 0 aliphatic rings. The molecule has 0 atom stereocenters. The van der Waals surface area contributed by atoms with E-state index in [0.717, 1.165) is 29.7 Å². The maximum Gasteiger partial charge on any atom is 0.296 e. The van der Waals surface area contributed by atoms with E-state index in [2.05, 4.69) is 0 Å². The van der Waals surface area contributed by atoms with Crippen LogP contribution in [0.5, 0.6) is 0 Å². The van der Waals surface area contributed by atoms with Crippen LogP contribution in [0.4, 0.5) is 0 Å². The predicted molar refractivity (Wildman–Crippen MR) is 80.7 cm³/mol. The second-order valence-electron chi connectivity index (χ2n) is 5.07. The first-order valence-corrected chi connectivity index (χ1v) is 8.39. The minimum absolute atomic E-state index is 0.190. The van der Waals surface area contributed by atoms with Gasteiger partial charge in [-0.05, 0) is 50.5 Å². The number of unbranched alkanes of at least 4 members (excludes halogenated alkanes) is 1. The maximum absolute atomic E-state index is 11.9. The molecule has 0 radical (unpaired) electrons. The second-order valence-corrected chi connectivity index (χ2v) is 6.69. The quantitative estimate of drug-likeness (QED) is 0.579. The Balaban J connectivity index is 1.77. The van der Waals surface area contributed by atoms with E-state index >= 15 is 0 Å². The molecule has 1 aromatic carbocycles. The van der Waals surface area contributed by atoms with Gasteiger partial charge in [-0.1, -0.05) is 17.7 Å². The van der Waals surface area contributed by atoms with Crippen molar-refractivity contribution in [1.82, 2.24) is 0 Å². The first kappa shape index (κ1) is 15.8. The molecule has 0 saturated heterocycles. The van der Waals surface area contributed by atoms with Gasteiger partial charge >= 0.3 is 0 Å². The van der Waals surface area contributed by atoms with Gasteiger partial charge in [0.25, 0.3) is 10.1 Å². The topological polar surface area (TPSA) is 56.5 Å². The van der Waals surface area contributed by atoms with E-state index in [4.69, 9.17) is 8.60 Å². The van der Waals surface area contributed by atoms with Crippen molar-refractivity contribution in [1.29, 1.82) is 0 Å². The molecular formula is C16H20O4S. The Morgan fingerprint density at radius 1 is 1.05 bits per heavy atom. The molecule has 0 N–H and O–H groups in total. The molecule has 4 nitrogen and oxygen atoms in total. The van der Waals surface area contributed by atoms with Crippen LogP contribution >= 0.6 is 0 Å². The van der Waals surface area contributed by atoms with Gasteiger partial charge in [-0.2, -0.15) is 8.42 Å². The molecule has 0 aliphatic carbocycles. The third-order valence-corrected chi connectivity index (χ3v) is 4.64. The lowest BCUT2D eigenvalue weighted by atomic mass is 10.1. The highest BCUT2D eigenvalue weighted by molar-refractivity contribution is 7.86. The molecular weight excluding hydrogens is 288 g/mol. The number of hydrogen-bond acceptors (Lipinski definition) is 4. The van der Waals surface area contributed by atoms with E-state index < -0.39 is 10.1 Å². The lowest BCUT2D eigenvalue weighted by molar-refractivity contribution is 0.307. The van der Waals surface area contributed by atoms with E-state index in [1.165, 1.54) is 0 Å². The smallest absolute Gasteiger partial charge is 0.296 e. The van der Waals surface area contributed by atoms with Gasteiger partial charge in [0.1, 0.15) is 5.76 Å².